The lowest BCUT2D eigenvalue weighted by Gasteiger charge is -2.16. The topological polar surface area (TPSA) is 12.0 Å². The quantitative estimate of drug-likeness (QED) is 0.708. The molecule has 102 valence electrons. The number of benzene rings is 2. The van der Waals surface area contributed by atoms with Crippen LogP contribution >= 0.6 is 11.3 Å². The summed E-state index contributed by atoms with van der Waals surface area (Å²) in [5.74, 6) is 0. The third kappa shape index (κ3) is 2.92. The van der Waals surface area contributed by atoms with E-state index in [0.717, 1.165) is 13.0 Å². The molecule has 0 aliphatic rings. The minimum atomic E-state index is 0.403. The Bertz CT molecular complexity index is 639. The van der Waals surface area contributed by atoms with E-state index in [2.05, 4.69) is 72.9 Å². The van der Waals surface area contributed by atoms with Crippen molar-refractivity contribution in [2.24, 2.45) is 0 Å². The van der Waals surface area contributed by atoms with E-state index in [1.165, 1.54) is 20.5 Å². The molecule has 0 radical (unpaired) electrons. The van der Waals surface area contributed by atoms with Crippen molar-refractivity contribution >= 4 is 21.4 Å². The maximum Gasteiger partial charge on any atom is 0.0456 e. The fourth-order valence-electron chi connectivity index (χ4n) is 2.54. The molecule has 1 unspecified atom stereocenters. The van der Waals surface area contributed by atoms with Gasteiger partial charge >= 0.3 is 0 Å². The van der Waals surface area contributed by atoms with Crippen LogP contribution in [0.4, 0.5) is 0 Å². The molecule has 1 nitrogen and oxygen atoms in total. The van der Waals surface area contributed by atoms with Gasteiger partial charge in [0.25, 0.3) is 0 Å². The third-order valence-electron chi connectivity index (χ3n) is 3.52. The molecule has 0 fully saturated rings. The van der Waals surface area contributed by atoms with Crippen LogP contribution in [0.5, 0.6) is 0 Å². The molecule has 0 aliphatic heterocycles. The standard InChI is InChI=1S/C18H19NS/c1-2-19-16(12-14-8-4-3-5-9-14)18-13-15-10-6-7-11-17(15)20-18/h3-11,13,16,19H,2,12H2,1H3. The highest BCUT2D eigenvalue weighted by molar-refractivity contribution is 7.19. The molecule has 1 heterocycles. The summed E-state index contributed by atoms with van der Waals surface area (Å²) < 4.78 is 1.37. The van der Waals surface area contributed by atoms with E-state index in [1.54, 1.807) is 0 Å². The number of likely N-dealkylation sites (N-methyl/N-ethyl adjacent to an activating group) is 1. The van der Waals surface area contributed by atoms with Gasteiger partial charge in [0.1, 0.15) is 0 Å². The Hall–Kier alpha value is -1.64. The maximum absolute atomic E-state index is 3.62. The first-order valence-electron chi connectivity index (χ1n) is 7.12. The lowest BCUT2D eigenvalue weighted by Crippen LogP contribution is -2.22. The van der Waals surface area contributed by atoms with Gasteiger partial charge in [0.05, 0.1) is 0 Å². The van der Waals surface area contributed by atoms with Crippen molar-refractivity contribution in [1.29, 1.82) is 0 Å². The Labute approximate surface area is 124 Å². The van der Waals surface area contributed by atoms with Crippen LogP contribution in [0.25, 0.3) is 10.1 Å². The minimum Gasteiger partial charge on any atom is -0.309 e. The van der Waals surface area contributed by atoms with E-state index in [1.807, 2.05) is 11.3 Å². The molecule has 1 atom stereocenters. The Kier molecular flexibility index (Phi) is 4.14. The molecular weight excluding hydrogens is 262 g/mol. The molecule has 0 amide bonds. The Morgan fingerprint density at radius 2 is 1.75 bits per heavy atom. The second-order valence-corrected chi connectivity index (χ2v) is 6.10. The van der Waals surface area contributed by atoms with Crippen molar-refractivity contribution in [1.82, 2.24) is 5.32 Å². The monoisotopic (exact) mass is 281 g/mol. The molecule has 0 bridgehead atoms. The van der Waals surface area contributed by atoms with Crippen LogP contribution in [-0.2, 0) is 6.42 Å². The van der Waals surface area contributed by atoms with Crippen LogP contribution in [0.1, 0.15) is 23.4 Å². The number of nitrogens with one attached hydrogen (secondary N) is 1. The summed E-state index contributed by atoms with van der Waals surface area (Å²) in [7, 11) is 0. The number of hydrogen-bond acceptors (Lipinski definition) is 2. The van der Waals surface area contributed by atoms with E-state index < -0.39 is 0 Å². The van der Waals surface area contributed by atoms with Gasteiger partial charge < -0.3 is 5.32 Å². The van der Waals surface area contributed by atoms with Crippen LogP contribution in [0.15, 0.2) is 60.7 Å². The summed E-state index contributed by atoms with van der Waals surface area (Å²) >= 11 is 1.90. The van der Waals surface area contributed by atoms with Gasteiger partial charge in [-0.3, -0.25) is 0 Å². The largest absolute Gasteiger partial charge is 0.309 e. The highest BCUT2D eigenvalue weighted by atomic mass is 32.1. The van der Waals surface area contributed by atoms with Crippen molar-refractivity contribution in [3.63, 3.8) is 0 Å². The highest BCUT2D eigenvalue weighted by Crippen LogP contribution is 2.31. The molecule has 2 heteroatoms. The molecule has 0 spiro atoms. The van der Waals surface area contributed by atoms with Gasteiger partial charge in [0, 0.05) is 15.6 Å². The summed E-state index contributed by atoms with van der Waals surface area (Å²) in [6.07, 6.45) is 1.04. The van der Waals surface area contributed by atoms with E-state index in [4.69, 9.17) is 0 Å². The van der Waals surface area contributed by atoms with Crippen molar-refractivity contribution in [3.8, 4) is 0 Å². The van der Waals surface area contributed by atoms with Crippen molar-refractivity contribution in [2.75, 3.05) is 6.54 Å². The lowest BCUT2D eigenvalue weighted by atomic mass is 10.0. The average Bonchev–Trinajstić information content (AvgIpc) is 2.92. The molecule has 2 aromatic carbocycles. The smallest absolute Gasteiger partial charge is 0.0456 e. The zero-order valence-electron chi connectivity index (χ0n) is 11.7. The number of thiophene rings is 1. The number of hydrogen-bond donors (Lipinski definition) is 1. The van der Waals surface area contributed by atoms with Crippen LogP contribution in [-0.4, -0.2) is 6.54 Å². The summed E-state index contributed by atoms with van der Waals surface area (Å²) in [6, 6.07) is 22.1. The molecule has 0 saturated heterocycles. The second-order valence-electron chi connectivity index (χ2n) is 4.99. The minimum absolute atomic E-state index is 0.403. The van der Waals surface area contributed by atoms with Gasteiger partial charge in [-0.25, -0.2) is 0 Å². The summed E-state index contributed by atoms with van der Waals surface area (Å²) in [5, 5.41) is 4.97. The SMILES string of the molecule is CCNC(Cc1ccccc1)c1cc2ccccc2s1. The molecule has 3 rings (SSSR count). The molecule has 1 N–H and O–H groups in total. The predicted octanol–water partition coefficient (Wildman–Crippen LogP) is 4.79. The predicted molar refractivity (Wildman–Crippen MR) is 88.4 cm³/mol. The summed E-state index contributed by atoms with van der Waals surface area (Å²) in [6.45, 7) is 3.16. The Morgan fingerprint density at radius 3 is 2.50 bits per heavy atom. The van der Waals surface area contributed by atoms with Gasteiger partial charge in [0.15, 0.2) is 0 Å². The van der Waals surface area contributed by atoms with Crippen LogP contribution in [0.3, 0.4) is 0 Å². The zero-order valence-corrected chi connectivity index (χ0v) is 12.5. The van der Waals surface area contributed by atoms with Crippen molar-refractivity contribution in [3.05, 3.63) is 71.1 Å². The van der Waals surface area contributed by atoms with E-state index >= 15 is 0 Å². The van der Waals surface area contributed by atoms with Gasteiger partial charge in [-0.1, -0.05) is 55.5 Å². The molecule has 20 heavy (non-hydrogen) atoms. The second kappa shape index (κ2) is 6.21. The summed E-state index contributed by atoms with van der Waals surface area (Å²) in [4.78, 5) is 1.43. The van der Waals surface area contributed by atoms with Gasteiger partial charge in [0.2, 0.25) is 0 Å². The van der Waals surface area contributed by atoms with Crippen LogP contribution < -0.4 is 5.32 Å². The normalized spacial score (nSPS) is 12.7. The first-order valence-corrected chi connectivity index (χ1v) is 7.94. The Balaban J connectivity index is 1.89. The molecule has 0 aliphatic carbocycles. The van der Waals surface area contributed by atoms with Crippen LogP contribution in [0, 0.1) is 0 Å². The first kappa shape index (κ1) is 13.3. The third-order valence-corrected chi connectivity index (χ3v) is 4.75. The van der Waals surface area contributed by atoms with Gasteiger partial charge in [-0.05, 0) is 36.0 Å². The molecule has 0 saturated carbocycles. The zero-order chi connectivity index (χ0) is 13.8. The average molecular weight is 281 g/mol. The molecule has 1 aromatic heterocycles. The van der Waals surface area contributed by atoms with Crippen molar-refractivity contribution in [2.45, 2.75) is 19.4 Å². The molecular formula is C18H19NS. The number of fused-ring (bicyclic) bond motifs is 1. The van der Waals surface area contributed by atoms with E-state index in [9.17, 15) is 0 Å². The van der Waals surface area contributed by atoms with Gasteiger partial charge in [-0.2, -0.15) is 0 Å². The number of rotatable bonds is 5. The fraction of sp³-hybridized carbons (Fsp3) is 0.222. The van der Waals surface area contributed by atoms with E-state index in [-0.39, 0.29) is 0 Å². The van der Waals surface area contributed by atoms with Crippen molar-refractivity contribution < 1.29 is 0 Å². The summed E-state index contributed by atoms with van der Waals surface area (Å²) in [5.41, 5.74) is 1.39. The van der Waals surface area contributed by atoms with E-state index in [0.29, 0.717) is 6.04 Å². The lowest BCUT2D eigenvalue weighted by molar-refractivity contribution is 0.558. The Morgan fingerprint density at radius 1 is 1.00 bits per heavy atom. The highest BCUT2D eigenvalue weighted by Gasteiger charge is 2.14. The van der Waals surface area contributed by atoms with Crippen LogP contribution in [0.2, 0.25) is 0 Å². The molecule has 3 aromatic rings. The fourth-order valence-corrected chi connectivity index (χ4v) is 3.68. The van der Waals surface area contributed by atoms with Gasteiger partial charge in [-0.15, -0.1) is 11.3 Å². The first-order chi connectivity index (χ1) is 9.86. The maximum atomic E-state index is 3.62.